The monoisotopic (exact) mass is 274 g/mol. The zero-order valence-electron chi connectivity index (χ0n) is 9.48. The van der Waals surface area contributed by atoms with E-state index in [4.69, 9.17) is 22.0 Å². The highest BCUT2D eigenvalue weighted by Gasteiger charge is 2.13. The summed E-state index contributed by atoms with van der Waals surface area (Å²) in [5.41, 5.74) is 0.419. The summed E-state index contributed by atoms with van der Waals surface area (Å²) in [6, 6.07) is 7.48. The van der Waals surface area contributed by atoms with Crippen LogP contribution in [0.2, 0.25) is 5.02 Å². The summed E-state index contributed by atoms with van der Waals surface area (Å²) < 4.78 is 0. The van der Waals surface area contributed by atoms with E-state index in [-0.39, 0.29) is 16.1 Å². The molecule has 0 aliphatic rings. The van der Waals surface area contributed by atoms with Crippen LogP contribution in [0.3, 0.4) is 0 Å². The van der Waals surface area contributed by atoms with Crippen LogP contribution in [0.15, 0.2) is 35.3 Å². The number of nitrogens with one attached hydrogen (secondary N) is 1. The quantitative estimate of drug-likeness (QED) is 0.878. The van der Waals surface area contributed by atoms with Crippen LogP contribution in [0.5, 0.6) is 0 Å². The van der Waals surface area contributed by atoms with Crippen LogP contribution in [-0.4, -0.2) is 16.1 Å². The van der Waals surface area contributed by atoms with E-state index in [1.807, 2.05) is 6.07 Å². The summed E-state index contributed by atoms with van der Waals surface area (Å²) in [4.78, 5) is 24.7. The average molecular weight is 275 g/mol. The number of hydrogen-bond acceptors (Lipinski definition) is 3. The SMILES string of the molecule is N#Cc1cc(-c2c[nH]c(=O)cc2C(=O)O)ccc1Cl. The number of H-pyrrole nitrogens is 1. The van der Waals surface area contributed by atoms with Gasteiger partial charge in [0.2, 0.25) is 5.56 Å². The Kier molecular flexibility index (Phi) is 3.36. The van der Waals surface area contributed by atoms with Crippen LogP contribution in [0.25, 0.3) is 11.1 Å². The van der Waals surface area contributed by atoms with Gasteiger partial charge in [0, 0.05) is 17.8 Å². The number of halogens is 1. The zero-order valence-corrected chi connectivity index (χ0v) is 10.2. The van der Waals surface area contributed by atoms with Gasteiger partial charge in [0.15, 0.2) is 0 Å². The molecule has 0 bridgehead atoms. The fourth-order valence-corrected chi connectivity index (χ4v) is 1.83. The highest BCUT2D eigenvalue weighted by atomic mass is 35.5. The van der Waals surface area contributed by atoms with Crippen molar-refractivity contribution in [3.8, 4) is 17.2 Å². The van der Waals surface area contributed by atoms with Crippen molar-refractivity contribution in [2.24, 2.45) is 0 Å². The summed E-state index contributed by atoms with van der Waals surface area (Å²) in [7, 11) is 0. The molecule has 0 aliphatic carbocycles. The van der Waals surface area contributed by atoms with E-state index in [1.165, 1.54) is 18.3 Å². The minimum atomic E-state index is -1.21. The number of pyridine rings is 1. The van der Waals surface area contributed by atoms with Gasteiger partial charge in [-0.15, -0.1) is 0 Å². The van der Waals surface area contributed by atoms with Crippen LogP contribution in [0, 0.1) is 11.3 Å². The molecule has 1 aromatic carbocycles. The Morgan fingerprint density at radius 3 is 2.74 bits per heavy atom. The molecule has 0 unspecified atom stereocenters. The van der Waals surface area contributed by atoms with Gasteiger partial charge in [-0.3, -0.25) is 4.79 Å². The van der Waals surface area contributed by atoms with Crippen molar-refractivity contribution >= 4 is 17.6 Å². The molecule has 2 N–H and O–H groups in total. The highest BCUT2D eigenvalue weighted by Crippen LogP contribution is 2.26. The predicted octanol–water partition coefficient (Wildman–Crippen LogP) is 2.27. The number of rotatable bonds is 2. The van der Waals surface area contributed by atoms with Crippen LogP contribution in [-0.2, 0) is 0 Å². The summed E-state index contributed by atoms with van der Waals surface area (Å²) in [6.07, 6.45) is 1.30. The fraction of sp³-hybridized carbons (Fsp3) is 0. The van der Waals surface area contributed by atoms with Crippen molar-refractivity contribution in [3.05, 3.63) is 57.0 Å². The largest absolute Gasteiger partial charge is 0.478 e. The van der Waals surface area contributed by atoms with Crippen molar-refractivity contribution in [1.82, 2.24) is 4.98 Å². The summed E-state index contributed by atoms with van der Waals surface area (Å²) >= 11 is 5.81. The van der Waals surface area contributed by atoms with E-state index in [9.17, 15) is 9.59 Å². The molecule has 2 rings (SSSR count). The highest BCUT2D eigenvalue weighted by molar-refractivity contribution is 6.31. The molecule has 0 fully saturated rings. The number of carboxylic acid groups (broad SMARTS) is 1. The molecule has 0 spiro atoms. The number of aromatic amines is 1. The molecule has 1 heterocycles. The predicted molar refractivity (Wildman–Crippen MR) is 69.2 cm³/mol. The first kappa shape index (κ1) is 12.9. The Morgan fingerprint density at radius 2 is 2.11 bits per heavy atom. The number of nitriles is 1. The first-order chi connectivity index (χ1) is 9.02. The van der Waals surface area contributed by atoms with Gasteiger partial charge in [-0.1, -0.05) is 17.7 Å². The molecule has 0 aliphatic heterocycles. The first-order valence-electron chi connectivity index (χ1n) is 5.19. The minimum Gasteiger partial charge on any atom is -0.478 e. The molecular weight excluding hydrogens is 268 g/mol. The Balaban J connectivity index is 2.69. The zero-order chi connectivity index (χ0) is 14.0. The lowest BCUT2D eigenvalue weighted by Gasteiger charge is -2.06. The molecule has 5 nitrogen and oxygen atoms in total. The van der Waals surface area contributed by atoms with Crippen molar-refractivity contribution in [3.63, 3.8) is 0 Å². The Bertz CT molecular complexity index is 759. The van der Waals surface area contributed by atoms with E-state index in [0.29, 0.717) is 11.1 Å². The maximum Gasteiger partial charge on any atom is 0.336 e. The third-order valence-electron chi connectivity index (χ3n) is 2.55. The standard InChI is InChI=1S/C13H7ClN2O3/c14-11-2-1-7(3-8(11)5-15)10-6-16-12(17)4-9(10)13(18)19/h1-4,6H,(H,16,17)(H,18,19). The van der Waals surface area contributed by atoms with Gasteiger partial charge in [0.25, 0.3) is 0 Å². The van der Waals surface area contributed by atoms with Gasteiger partial charge >= 0.3 is 5.97 Å². The third kappa shape index (κ3) is 2.49. The number of carbonyl (C=O) groups is 1. The van der Waals surface area contributed by atoms with Gasteiger partial charge in [-0.25, -0.2) is 4.79 Å². The van der Waals surface area contributed by atoms with Gasteiger partial charge < -0.3 is 10.1 Å². The third-order valence-corrected chi connectivity index (χ3v) is 2.88. The molecular formula is C13H7ClN2O3. The van der Waals surface area contributed by atoms with E-state index >= 15 is 0 Å². The summed E-state index contributed by atoms with van der Waals surface area (Å²) in [6.45, 7) is 0. The average Bonchev–Trinajstić information content (AvgIpc) is 2.39. The molecule has 0 saturated heterocycles. The van der Waals surface area contributed by atoms with E-state index in [0.717, 1.165) is 6.07 Å². The number of aromatic carboxylic acids is 1. The second-order valence-electron chi connectivity index (χ2n) is 3.74. The smallest absolute Gasteiger partial charge is 0.336 e. The molecule has 0 amide bonds. The van der Waals surface area contributed by atoms with Crippen molar-refractivity contribution in [1.29, 1.82) is 5.26 Å². The lowest BCUT2D eigenvalue weighted by atomic mass is 10.0. The Morgan fingerprint density at radius 1 is 1.37 bits per heavy atom. The van der Waals surface area contributed by atoms with Gasteiger partial charge in [0.1, 0.15) is 6.07 Å². The van der Waals surface area contributed by atoms with Gasteiger partial charge in [-0.2, -0.15) is 5.26 Å². The van der Waals surface area contributed by atoms with Crippen LogP contribution in [0.1, 0.15) is 15.9 Å². The van der Waals surface area contributed by atoms with E-state index in [2.05, 4.69) is 4.98 Å². The number of benzene rings is 1. The van der Waals surface area contributed by atoms with Gasteiger partial charge in [-0.05, 0) is 17.7 Å². The molecule has 19 heavy (non-hydrogen) atoms. The van der Waals surface area contributed by atoms with Crippen LogP contribution >= 0.6 is 11.6 Å². The maximum atomic E-state index is 11.2. The molecule has 94 valence electrons. The second-order valence-corrected chi connectivity index (χ2v) is 4.14. The number of carboxylic acids is 1. The minimum absolute atomic E-state index is 0.130. The maximum absolute atomic E-state index is 11.2. The number of hydrogen-bond donors (Lipinski definition) is 2. The van der Waals surface area contributed by atoms with E-state index < -0.39 is 11.5 Å². The first-order valence-corrected chi connectivity index (χ1v) is 5.57. The summed E-state index contributed by atoms with van der Waals surface area (Å²) in [5.74, 6) is -1.21. The second kappa shape index (κ2) is 4.96. The fourth-order valence-electron chi connectivity index (χ4n) is 1.67. The summed E-state index contributed by atoms with van der Waals surface area (Å²) in [5, 5.41) is 18.3. The van der Waals surface area contributed by atoms with Crippen LogP contribution in [0.4, 0.5) is 0 Å². The lowest BCUT2D eigenvalue weighted by molar-refractivity contribution is 0.0697. The molecule has 6 heteroatoms. The van der Waals surface area contributed by atoms with Crippen molar-refractivity contribution < 1.29 is 9.90 Å². The molecule has 0 atom stereocenters. The lowest BCUT2D eigenvalue weighted by Crippen LogP contribution is -2.10. The molecule has 0 radical (unpaired) electrons. The van der Waals surface area contributed by atoms with Crippen LogP contribution < -0.4 is 5.56 Å². The Hall–Kier alpha value is -2.58. The van der Waals surface area contributed by atoms with Gasteiger partial charge in [0.05, 0.1) is 16.1 Å². The van der Waals surface area contributed by atoms with E-state index in [1.54, 1.807) is 6.07 Å². The normalized spacial score (nSPS) is 9.89. The molecule has 0 saturated carbocycles. The van der Waals surface area contributed by atoms with Crippen molar-refractivity contribution in [2.75, 3.05) is 0 Å². The molecule has 1 aromatic heterocycles. The Labute approximate surface area is 112 Å². The number of aromatic nitrogens is 1. The topological polar surface area (TPSA) is 94.0 Å². The number of nitrogens with zero attached hydrogens (tertiary/aromatic N) is 1. The van der Waals surface area contributed by atoms with Crippen molar-refractivity contribution in [2.45, 2.75) is 0 Å². The molecule has 2 aromatic rings.